The summed E-state index contributed by atoms with van der Waals surface area (Å²) in [7, 11) is 0. The maximum Gasteiger partial charge on any atom is 0.271 e. The Balaban J connectivity index is 1.55. The van der Waals surface area contributed by atoms with Crippen molar-refractivity contribution < 1.29 is 9.72 Å². The highest BCUT2D eigenvalue weighted by Crippen LogP contribution is 2.29. The van der Waals surface area contributed by atoms with Crippen LogP contribution in [-0.2, 0) is 11.3 Å². The van der Waals surface area contributed by atoms with Gasteiger partial charge in [-0.25, -0.2) is 0 Å². The molecule has 11 heteroatoms. The number of para-hydroxylation sites is 2. The second-order valence-electron chi connectivity index (χ2n) is 7.91. The van der Waals surface area contributed by atoms with Crippen LogP contribution in [0.4, 0.5) is 17.1 Å². The van der Waals surface area contributed by atoms with Crippen molar-refractivity contribution in [3.63, 3.8) is 0 Å². The standard InChI is InChI=1S/C25H23ClN6O3S/c1-16-12-13-19(32(34)35)14-22(16)28-24(33)17(2)36-25-30-29-23(31(25)18-8-4-3-5-9-18)15-27-21-11-7-6-10-20(21)26/h3-14,17,27H,15H2,1-2H3,(H,28,33). The maximum absolute atomic E-state index is 13.0. The molecule has 36 heavy (non-hydrogen) atoms. The van der Waals surface area contributed by atoms with Crippen molar-refractivity contribution >= 4 is 46.3 Å². The summed E-state index contributed by atoms with van der Waals surface area (Å²) in [5.41, 5.74) is 2.66. The van der Waals surface area contributed by atoms with Crippen molar-refractivity contribution in [2.24, 2.45) is 0 Å². The third-order valence-corrected chi connectivity index (χ3v) is 6.74. The van der Waals surface area contributed by atoms with Gasteiger partial charge in [0.05, 0.1) is 33.1 Å². The molecule has 1 amide bonds. The number of nitro groups is 1. The monoisotopic (exact) mass is 522 g/mol. The van der Waals surface area contributed by atoms with Crippen LogP contribution in [0.1, 0.15) is 18.3 Å². The Morgan fingerprint density at radius 2 is 1.81 bits per heavy atom. The molecule has 0 radical (unpaired) electrons. The van der Waals surface area contributed by atoms with E-state index in [4.69, 9.17) is 11.6 Å². The van der Waals surface area contributed by atoms with Gasteiger partial charge in [0.2, 0.25) is 5.91 Å². The highest BCUT2D eigenvalue weighted by atomic mass is 35.5. The number of halogens is 1. The zero-order chi connectivity index (χ0) is 25.7. The highest BCUT2D eigenvalue weighted by molar-refractivity contribution is 8.00. The molecule has 0 aliphatic heterocycles. The first-order valence-corrected chi connectivity index (χ1v) is 12.3. The molecule has 0 saturated heterocycles. The van der Waals surface area contributed by atoms with Gasteiger partial charge in [-0.3, -0.25) is 19.5 Å². The lowest BCUT2D eigenvalue weighted by atomic mass is 10.2. The van der Waals surface area contributed by atoms with E-state index in [1.165, 1.54) is 23.9 Å². The number of hydrogen-bond donors (Lipinski definition) is 2. The molecule has 1 atom stereocenters. The van der Waals surface area contributed by atoms with Crippen LogP contribution in [0.3, 0.4) is 0 Å². The van der Waals surface area contributed by atoms with E-state index in [0.717, 1.165) is 16.9 Å². The lowest BCUT2D eigenvalue weighted by Gasteiger charge is -2.15. The summed E-state index contributed by atoms with van der Waals surface area (Å²) >= 11 is 7.51. The van der Waals surface area contributed by atoms with Crippen molar-refractivity contribution in [3.8, 4) is 5.69 Å². The van der Waals surface area contributed by atoms with Gasteiger partial charge >= 0.3 is 0 Å². The molecule has 3 aromatic carbocycles. The van der Waals surface area contributed by atoms with Crippen LogP contribution >= 0.6 is 23.4 Å². The number of benzene rings is 3. The number of rotatable bonds is 9. The second-order valence-corrected chi connectivity index (χ2v) is 9.62. The van der Waals surface area contributed by atoms with Crippen molar-refractivity contribution in [1.82, 2.24) is 14.8 Å². The summed E-state index contributed by atoms with van der Waals surface area (Å²) in [6.45, 7) is 3.89. The molecule has 0 saturated carbocycles. The van der Waals surface area contributed by atoms with Crippen LogP contribution in [-0.4, -0.2) is 30.8 Å². The molecule has 1 unspecified atom stereocenters. The van der Waals surface area contributed by atoms with Gasteiger partial charge in [0.25, 0.3) is 5.69 Å². The normalized spacial score (nSPS) is 11.6. The number of hydrogen-bond acceptors (Lipinski definition) is 7. The van der Waals surface area contributed by atoms with Crippen molar-refractivity contribution in [3.05, 3.63) is 99.3 Å². The van der Waals surface area contributed by atoms with Crippen LogP contribution in [0.2, 0.25) is 5.02 Å². The van der Waals surface area contributed by atoms with E-state index in [2.05, 4.69) is 20.8 Å². The molecule has 0 fully saturated rings. The molecule has 4 aromatic rings. The predicted octanol–water partition coefficient (Wildman–Crippen LogP) is 5.87. The zero-order valence-electron chi connectivity index (χ0n) is 19.5. The number of aromatic nitrogens is 3. The molecule has 0 bridgehead atoms. The fourth-order valence-electron chi connectivity index (χ4n) is 3.41. The zero-order valence-corrected chi connectivity index (χ0v) is 21.1. The topological polar surface area (TPSA) is 115 Å². The molecule has 1 heterocycles. The smallest absolute Gasteiger partial charge is 0.271 e. The van der Waals surface area contributed by atoms with E-state index < -0.39 is 10.2 Å². The van der Waals surface area contributed by atoms with Crippen LogP contribution in [0.25, 0.3) is 5.69 Å². The largest absolute Gasteiger partial charge is 0.377 e. The first kappa shape index (κ1) is 25.2. The average Bonchev–Trinajstić information content (AvgIpc) is 3.27. The number of anilines is 2. The minimum atomic E-state index is -0.556. The SMILES string of the molecule is Cc1ccc([N+](=O)[O-])cc1NC(=O)C(C)Sc1nnc(CNc2ccccc2Cl)n1-c1ccccc1. The molecule has 184 valence electrons. The van der Waals surface area contributed by atoms with E-state index in [1.807, 2.05) is 53.1 Å². The van der Waals surface area contributed by atoms with E-state index in [0.29, 0.717) is 28.2 Å². The Bertz CT molecular complexity index is 1400. The molecule has 1 aromatic heterocycles. The Morgan fingerprint density at radius 3 is 2.53 bits per heavy atom. The Morgan fingerprint density at radius 1 is 1.08 bits per heavy atom. The minimum absolute atomic E-state index is 0.0873. The number of carbonyl (C=O) groups is 1. The van der Waals surface area contributed by atoms with Gasteiger partial charge in [0.1, 0.15) is 0 Å². The van der Waals surface area contributed by atoms with E-state index in [-0.39, 0.29) is 11.6 Å². The summed E-state index contributed by atoms with van der Waals surface area (Å²) in [6, 6.07) is 21.4. The molecule has 0 aliphatic carbocycles. The number of thioether (sulfide) groups is 1. The number of nitro benzene ring substituents is 1. The predicted molar refractivity (Wildman–Crippen MR) is 142 cm³/mol. The molecule has 9 nitrogen and oxygen atoms in total. The molecule has 0 spiro atoms. The quantitative estimate of drug-likeness (QED) is 0.160. The molecule has 4 rings (SSSR count). The summed E-state index contributed by atoms with van der Waals surface area (Å²) in [4.78, 5) is 23.6. The fraction of sp³-hybridized carbons (Fsp3) is 0.160. The fourth-order valence-corrected chi connectivity index (χ4v) is 4.50. The Kier molecular flexibility index (Phi) is 7.87. The third-order valence-electron chi connectivity index (χ3n) is 5.37. The lowest BCUT2D eigenvalue weighted by Crippen LogP contribution is -2.23. The number of aryl methyl sites for hydroxylation is 1. The number of nitrogens with zero attached hydrogens (tertiary/aromatic N) is 4. The Labute approximate surface area is 217 Å². The first-order chi connectivity index (χ1) is 17.3. The highest BCUT2D eigenvalue weighted by Gasteiger charge is 2.22. The van der Waals surface area contributed by atoms with Gasteiger partial charge in [-0.1, -0.05) is 59.8 Å². The summed E-state index contributed by atoms with van der Waals surface area (Å²) < 4.78 is 1.89. The van der Waals surface area contributed by atoms with Crippen molar-refractivity contribution in [2.45, 2.75) is 30.8 Å². The van der Waals surface area contributed by atoms with Crippen LogP contribution in [0.15, 0.2) is 78.0 Å². The second kappa shape index (κ2) is 11.2. The van der Waals surface area contributed by atoms with Crippen LogP contribution in [0, 0.1) is 17.0 Å². The molecular formula is C25H23ClN6O3S. The number of nitrogens with one attached hydrogen (secondary N) is 2. The maximum atomic E-state index is 13.0. The van der Waals surface area contributed by atoms with Crippen LogP contribution < -0.4 is 10.6 Å². The number of amides is 1. The van der Waals surface area contributed by atoms with Gasteiger partial charge in [-0.2, -0.15) is 0 Å². The van der Waals surface area contributed by atoms with Crippen molar-refractivity contribution in [1.29, 1.82) is 0 Å². The van der Waals surface area contributed by atoms with E-state index >= 15 is 0 Å². The number of carbonyl (C=O) groups excluding carboxylic acids is 1. The molecule has 2 N–H and O–H groups in total. The number of non-ortho nitro benzene ring substituents is 1. The van der Waals surface area contributed by atoms with Crippen LogP contribution in [0.5, 0.6) is 0 Å². The van der Waals surface area contributed by atoms with Gasteiger partial charge < -0.3 is 10.6 Å². The summed E-state index contributed by atoms with van der Waals surface area (Å²) in [5, 5.41) is 26.5. The van der Waals surface area contributed by atoms with E-state index in [9.17, 15) is 14.9 Å². The lowest BCUT2D eigenvalue weighted by molar-refractivity contribution is -0.384. The average molecular weight is 523 g/mol. The molecule has 0 aliphatic rings. The van der Waals surface area contributed by atoms with Gasteiger partial charge in [0, 0.05) is 17.8 Å². The summed E-state index contributed by atoms with van der Waals surface area (Å²) in [5.74, 6) is 0.340. The Hall–Kier alpha value is -3.89. The van der Waals surface area contributed by atoms with Gasteiger partial charge in [0.15, 0.2) is 11.0 Å². The minimum Gasteiger partial charge on any atom is -0.377 e. The third kappa shape index (κ3) is 5.84. The molecular weight excluding hydrogens is 500 g/mol. The van der Waals surface area contributed by atoms with Gasteiger partial charge in [-0.05, 0) is 43.7 Å². The first-order valence-electron chi connectivity index (χ1n) is 11.0. The summed E-state index contributed by atoms with van der Waals surface area (Å²) in [6.07, 6.45) is 0. The van der Waals surface area contributed by atoms with Crippen molar-refractivity contribution in [2.75, 3.05) is 10.6 Å². The van der Waals surface area contributed by atoms with Gasteiger partial charge in [-0.15, -0.1) is 10.2 Å². The van der Waals surface area contributed by atoms with E-state index in [1.54, 1.807) is 26.0 Å².